The zero-order chi connectivity index (χ0) is 13.0. The molecule has 0 bridgehead atoms. The maximum atomic E-state index is 12.0. The van der Waals surface area contributed by atoms with Gasteiger partial charge >= 0.3 is 0 Å². The van der Waals surface area contributed by atoms with Gasteiger partial charge in [0.25, 0.3) is 5.91 Å². The molecule has 0 aromatic heterocycles. The minimum Gasteiger partial charge on any atom is -0.352 e. The molecule has 1 aliphatic rings. The highest BCUT2D eigenvalue weighted by molar-refractivity contribution is 6.31. The van der Waals surface area contributed by atoms with Crippen LogP contribution in [0, 0.1) is 12.8 Å². The molecular formula is C14H20Cl2N2O. The lowest BCUT2D eigenvalue weighted by molar-refractivity contribution is 0.0944. The monoisotopic (exact) mass is 302 g/mol. The molecule has 1 aromatic rings. The molecule has 1 amide bonds. The molecule has 1 aromatic carbocycles. The summed E-state index contributed by atoms with van der Waals surface area (Å²) in [6.07, 6.45) is 2.37. The summed E-state index contributed by atoms with van der Waals surface area (Å²) in [4.78, 5) is 12.0. The first kappa shape index (κ1) is 16.3. The molecule has 0 spiro atoms. The van der Waals surface area contributed by atoms with E-state index in [-0.39, 0.29) is 18.3 Å². The predicted octanol–water partition coefficient (Wildman–Crippen LogP) is 2.80. The van der Waals surface area contributed by atoms with E-state index in [0.29, 0.717) is 16.5 Å². The van der Waals surface area contributed by atoms with Crippen molar-refractivity contribution in [3.63, 3.8) is 0 Å². The van der Waals surface area contributed by atoms with Crippen molar-refractivity contribution in [3.8, 4) is 0 Å². The van der Waals surface area contributed by atoms with Gasteiger partial charge in [0, 0.05) is 17.1 Å². The second-order valence-electron chi connectivity index (χ2n) is 4.94. The van der Waals surface area contributed by atoms with Gasteiger partial charge in [-0.25, -0.2) is 0 Å². The highest BCUT2D eigenvalue weighted by atomic mass is 35.5. The molecule has 106 valence electrons. The van der Waals surface area contributed by atoms with Gasteiger partial charge in [-0.2, -0.15) is 0 Å². The van der Waals surface area contributed by atoms with Gasteiger partial charge in [-0.3, -0.25) is 4.79 Å². The molecular weight excluding hydrogens is 283 g/mol. The van der Waals surface area contributed by atoms with Crippen molar-refractivity contribution >= 4 is 29.9 Å². The second-order valence-corrected chi connectivity index (χ2v) is 5.38. The van der Waals surface area contributed by atoms with E-state index in [1.807, 2.05) is 19.1 Å². The Morgan fingerprint density at radius 3 is 2.89 bits per heavy atom. The van der Waals surface area contributed by atoms with E-state index < -0.39 is 0 Å². The molecule has 1 saturated heterocycles. The van der Waals surface area contributed by atoms with E-state index in [1.165, 1.54) is 12.8 Å². The van der Waals surface area contributed by atoms with Crippen LogP contribution in [-0.2, 0) is 0 Å². The molecule has 3 nitrogen and oxygen atoms in total. The van der Waals surface area contributed by atoms with Crippen LogP contribution < -0.4 is 10.6 Å². The second kappa shape index (κ2) is 7.73. The van der Waals surface area contributed by atoms with Crippen molar-refractivity contribution in [1.29, 1.82) is 0 Å². The third-order valence-corrected chi connectivity index (χ3v) is 3.47. The zero-order valence-electron chi connectivity index (χ0n) is 11.0. The highest BCUT2D eigenvalue weighted by Crippen LogP contribution is 2.15. The van der Waals surface area contributed by atoms with Gasteiger partial charge in [0.15, 0.2) is 0 Å². The third-order valence-electron chi connectivity index (χ3n) is 3.25. The summed E-state index contributed by atoms with van der Waals surface area (Å²) in [6.45, 7) is 4.76. The summed E-state index contributed by atoms with van der Waals surface area (Å²) in [5.74, 6) is 0.508. The number of hydrogen-bond donors (Lipinski definition) is 2. The van der Waals surface area contributed by atoms with E-state index in [2.05, 4.69) is 10.6 Å². The third kappa shape index (κ3) is 5.01. The first-order chi connectivity index (χ1) is 8.65. The van der Waals surface area contributed by atoms with Gasteiger partial charge < -0.3 is 10.6 Å². The SMILES string of the molecule is Cc1cc(Cl)cc(C(=O)NCC2CCCNC2)c1.Cl. The topological polar surface area (TPSA) is 41.1 Å². The van der Waals surface area contributed by atoms with Crippen molar-refractivity contribution in [1.82, 2.24) is 10.6 Å². The highest BCUT2D eigenvalue weighted by Gasteiger charge is 2.14. The van der Waals surface area contributed by atoms with Crippen molar-refractivity contribution < 1.29 is 4.79 Å². The van der Waals surface area contributed by atoms with Crippen LogP contribution in [0.5, 0.6) is 0 Å². The first-order valence-corrected chi connectivity index (χ1v) is 6.79. The molecule has 0 radical (unpaired) electrons. The average molecular weight is 303 g/mol. The van der Waals surface area contributed by atoms with Gasteiger partial charge in [0.2, 0.25) is 0 Å². The number of rotatable bonds is 3. The predicted molar refractivity (Wildman–Crippen MR) is 81.4 cm³/mol. The van der Waals surface area contributed by atoms with Crippen LogP contribution in [-0.4, -0.2) is 25.5 Å². The number of carbonyl (C=O) groups is 1. The minimum atomic E-state index is -0.0360. The Bertz CT molecular complexity index is 411. The Morgan fingerprint density at radius 1 is 1.47 bits per heavy atom. The van der Waals surface area contributed by atoms with Crippen LogP contribution >= 0.6 is 24.0 Å². The molecule has 1 heterocycles. The Labute approximate surface area is 125 Å². The van der Waals surface area contributed by atoms with Crippen LogP contribution in [0.4, 0.5) is 0 Å². The first-order valence-electron chi connectivity index (χ1n) is 6.41. The minimum absolute atomic E-state index is 0. The van der Waals surface area contributed by atoms with Crippen LogP contribution in [0.2, 0.25) is 5.02 Å². The van der Waals surface area contributed by atoms with E-state index in [9.17, 15) is 4.79 Å². The largest absolute Gasteiger partial charge is 0.352 e. The molecule has 19 heavy (non-hydrogen) atoms. The van der Waals surface area contributed by atoms with Crippen molar-refractivity contribution in [3.05, 3.63) is 34.3 Å². The fourth-order valence-electron chi connectivity index (χ4n) is 2.30. The summed E-state index contributed by atoms with van der Waals surface area (Å²) in [7, 11) is 0. The molecule has 0 saturated carbocycles. The molecule has 1 unspecified atom stereocenters. The summed E-state index contributed by atoms with van der Waals surface area (Å²) in [5.41, 5.74) is 1.65. The summed E-state index contributed by atoms with van der Waals surface area (Å²) in [5, 5.41) is 6.94. The van der Waals surface area contributed by atoms with E-state index in [1.54, 1.807) is 6.07 Å². The number of hydrogen-bond acceptors (Lipinski definition) is 2. The molecule has 1 aliphatic heterocycles. The fourth-order valence-corrected chi connectivity index (χ4v) is 2.59. The van der Waals surface area contributed by atoms with E-state index in [0.717, 1.165) is 25.2 Å². The van der Waals surface area contributed by atoms with Crippen LogP contribution in [0.25, 0.3) is 0 Å². The standard InChI is InChI=1S/C14H19ClN2O.ClH/c1-10-5-12(7-13(15)6-10)14(18)17-9-11-3-2-4-16-8-11;/h5-7,11,16H,2-4,8-9H2,1H3,(H,17,18);1H. The van der Waals surface area contributed by atoms with Crippen LogP contribution in [0.15, 0.2) is 18.2 Å². The number of carbonyl (C=O) groups excluding carboxylic acids is 1. The fraction of sp³-hybridized carbons (Fsp3) is 0.500. The summed E-state index contributed by atoms with van der Waals surface area (Å²) >= 11 is 5.95. The number of halogens is 2. The Balaban J connectivity index is 0.00000180. The zero-order valence-corrected chi connectivity index (χ0v) is 12.6. The molecule has 5 heteroatoms. The van der Waals surface area contributed by atoms with Gasteiger partial charge in [0.1, 0.15) is 0 Å². The molecule has 1 fully saturated rings. The van der Waals surface area contributed by atoms with E-state index in [4.69, 9.17) is 11.6 Å². The van der Waals surface area contributed by atoms with Crippen molar-refractivity contribution in [2.75, 3.05) is 19.6 Å². The normalized spacial score (nSPS) is 18.5. The quantitative estimate of drug-likeness (QED) is 0.901. The number of amides is 1. The Morgan fingerprint density at radius 2 is 2.26 bits per heavy atom. The van der Waals surface area contributed by atoms with Crippen LogP contribution in [0.1, 0.15) is 28.8 Å². The summed E-state index contributed by atoms with van der Waals surface area (Å²) < 4.78 is 0. The molecule has 0 aliphatic carbocycles. The Hall–Kier alpha value is -0.770. The lowest BCUT2D eigenvalue weighted by atomic mass is 9.99. The number of piperidine rings is 1. The molecule has 2 rings (SSSR count). The summed E-state index contributed by atoms with van der Waals surface area (Å²) in [6, 6.07) is 5.42. The van der Waals surface area contributed by atoms with Gasteiger partial charge in [0.05, 0.1) is 0 Å². The van der Waals surface area contributed by atoms with E-state index >= 15 is 0 Å². The van der Waals surface area contributed by atoms with Gasteiger partial charge in [-0.15, -0.1) is 12.4 Å². The lowest BCUT2D eigenvalue weighted by Gasteiger charge is -2.22. The van der Waals surface area contributed by atoms with Gasteiger partial charge in [-0.1, -0.05) is 11.6 Å². The molecule has 2 N–H and O–H groups in total. The van der Waals surface area contributed by atoms with Crippen molar-refractivity contribution in [2.24, 2.45) is 5.92 Å². The molecule has 1 atom stereocenters. The maximum Gasteiger partial charge on any atom is 0.251 e. The smallest absolute Gasteiger partial charge is 0.251 e. The van der Waals surface area contributed by atoms with Crippen molar-refractivity contribution in [2.45, 2.75) is 19.8 Å². The number of nitrogens with one attached hydrogen (secondary N) is 2. The number of aryl methyl sites for hydroxylation is 1. The lowest BCUT2D eigenvalue weighted by Crippen LogP contribution is -2.38. The van der Waals surface area contributed by atoms with Gasteiger partial charge in [-0.05, 0) is 62.5 Å². The average Bonchev–Trinajstić information content (AvgIpc) is 2.36. The Kier molecular flexibility index (Phi) is 6.63. The maximum absolute atomic E-state index is 12.0. The van der Waals surface area contributed by atoms with Crippen LogP contribution in [0.3, 0.4) is 0 Å². The number of benzene rings is 1.